The third kappa shape index (κ3) is 9.88. The van der Waals surface area contributed by atoms with Crippen LogP contribution in [-0.2, 0) is 4.84 Å². The first-order valence-electron chi connectivity index (χ1n) is 7.43. The second kappa shape index (κ2) is 13.2. The average molecular weight is 427 g/mol. The van der Waals surface area contributed by atoms with Crippen molar-refractivity contribution in [1.29, 1.82) is 0 Å². The molecule has 1 aromatic carbocycles. The minimum absolute atomic E-state index is 0.133. The average Bonchev–Trinajstić information content (AvgIpc) is 2.55. The summed E-state index contributed by atoms with van der Waals surface area (Å²) in [6.07, 6.45) is 8.43. The summed E-state index contributed by atoms with van der Waals surface area (Å²) < 4.78 is 11.2. The molecule has 0 fully saturated rings. The molecule has 25 heavy (non-hydrogen) atoms. The van der Waals surface area contributed by atoms with Crippen LogP contribution in [0.25, 0.3) is 0 Å². The van der Waals surface area contributed by atoms with E-state index in [1.54, 1.807) is 24.4 Å². The van der Waals surface area contributed by atoms with Crippen LogP contribution in [0.2, 0.25) is 10.0 Å². The second-order valence-electron chi connectivity index (χ2n) is 4.63. The zero-order valence-corrected chi connectivity index (χ0v) is 16.5. The maximum absolute atomic E-state index is 6.18. The van der Waals surface area contributed by atoms with Crippen molar-refractivity contribution in [2.75, 3.05) is 19.8 Å². The van der Waals surface area contributed by atoms with Gasteiger partial charge < -0.3 is 9.47 Å². The normalized spacial score (nSPS) is 10.6. The van der Waals surface area contributed by atoms with E-state index in [1.807, 2.05) is 6.08 Å². The lowest BCUT2D eigenvalue weighted by Crippen LogP contribution is -2.05. The number of halogens is 4. The number of hydrogen-bond acceptors (Lipinski definition) is 4. The molecule has 0 aliphatic carbocycles. The van der Waals surface area contributed by atoms with Gasteiger partial charge in [-0.15, -0.1) is 6.58 Å². The number of hydrogen-bond donors (Lipinski definition) is 1. The molecule has 8 heteroatoms. The summed E-state index contributed by atoms with van der Waals surface area (Å²) in [7, 11) is 0. The van der Waals surface area contributed by atoms with Crippen LogP contribution in [0.5, 0.6) is 11.5 Å². The predicted molar refractivity (Wildman–Crippen MR) is 105 cm³/mol. The molecule has 0 saturated heterocycles. The van der Waals surface area contributed by atoms with E-state index in [0.29, 0.717) is 34.8 Å². The first-order valence-corrected chi connectivity index (χ1v) is 8.94. The number of hydroxylamine groups is 1. The Labute approximate surface area is 167 Å². The molecule has 0 saturated carbocycles. The fourth-order valence-corrected chi connectivity index (χ4v) is 2.32. The highest BCUT2D eigenvalue weighted by Gasteiger charge is 2.10. The van der Waals surface area contributed by atoms with Crippen LogP contribution in [-0.4, -0.2) is 19.8 Å². The maximum Gasteiger partial charge on any atom is 0.156 e. The smallest absolute Gasteiger partial charge is 0.156 e. The summed E-state index contributed by atoms with van der Waals surface area (Å²) in [4.78, 5) is 4.99. The van der Waals surface area contributed by atoms with E-state index in [4.69, 9.17) is 60.7 Å². The zero-order chi connectivity index (χ0) is 18.5. The maximum atomic E-state index is 6.18. The fourth-order valence-electron chi connectivity index (χ4n) is 1.62. The Morgan fingerprint density at radius 1 is 1.12 bits per heavy atom. The Hall–Kier alpha value is -1.04. The predicted octanol–water partition coefficient (Wildman–Crippen LogP) is 6.07. The molecule has 0 bridgehead atoms. The van der Waals surface area contributed by atoms with Crippen molar-refractivity contribution in [3.8, 4) is 11.5 Å². The number of ether oxygens (including phenoxy) is 2. The number of benzene rings is 1. The van der Waals surface area contributed by atoms with Gasteiger partial charge in [-0.25, -0.2) is 0 Å². The monoisotopic (exact) mass is 425 g/mol. The molecule has 0 unspecified atom stereocenters. The van der Waals surface area contributed by atoms with Gasteiger partial charge in [0.25, 0.3) is 0 Å². The van der Waals surface area contributed by atoms with Crippen LogP contribution >= 0.6 is 46.4 Å². The lowest BCUT2D eigenvalue weighted by atomic mass is 10.3. The fraction of sp³-hybridized carbons (Fsp3) is 0.294. The highest BCUT2D eigenvalue weighted by molar-refractivity contribution is 6.55. The highest BCUT2D eigenvalue weighted by atomic mass is 35.5. The Balaban J connectivity index is 2.38. The van der Waals surface area contributed by atoms with Gasteiger partial charge in [-0.05, 0) is 18.9 Å². The van der Waals surface area contributed by atoms with Crippen molar-refractivity contribution in [2.45, 2.75) is 12.8 Å². The number of allylic oxidation sites excluding steroid dienone is 1. The van der Waals surface area contributed by atoms with Gasteiger partial charge >= 0.3 is 0 Å². The molecule has 4 nitrogen and oxygen atoms in total. The Bertz CT molecular complexity index is 579. The van der Waals surface area contributed by atoms with Gasteiger partial charge in [0, 0.05) is 18.3 Å². The van der Waals surface area contributed by atoms with E-state index >= 15 is 0 Å². The molecular formula is C17H19Cl4NO3. The van der Waals surface area contributed by atoms with E-state index in [0.717, 1.165) is 12.8 Å². The molecule has 0 heterocycles. The quantitative estimate of drug-likeness (QED) is 0.250. The topological polar surface area (TPSA) is 39.7 Å². The van der Waals surface area contributed by atoms with Gasteiger partial charge in [-0.1, -0.05) is 58.6 Å². The molecule has 0 aromatic heterocycles. The van der Waals surface area contributed by atoms with Gasteiger partial charge in [0.1, 0.15) is 16.8 Å². The van der Waals surface area contributed by atoms with E-state index in [9.17, 15) is 0 Å². The SMILES string of the molecule is C=CCONC=CCCCOc1c(Cl)cc(OCC=C(Cl)Cl)cc1Cl. The van der Waals surface area contributed by atoms with Crippen molar-refractivity contribution in [2.24, 2.45) is 0 Å². The minimum atomic E-state index is 0.133. The van der Waals surface area contributed by atoms with Crippen LogP contribution in [0.15, 0.2) is 47.6 Å². The van der Waals surface area contributed by atoms with Crippen LogP contribution in [0.1, 0.15) is 12.8 Å². The summed E-state index contributed by atoms with van der Waals surface area (Å²) in [6.45, 7) is 4.67. The summed E-state index contributed by atoms with van der Waals surface area (Å²) in [5.41, 5.74) is 2.67. The number of nitrogens with one attached hydrogen (secondary N) is 1. The van der Waals surface area contributed by atoms with Gasteiger partial charge in [0.05, 0.1) is 23.3 Å². The molecule has 0 aliphatic heterocycles. The third-order valence-corrected chi connectivity index (χ3v) is 3.56. The van der Waals surface area contributed by atoms with E-state index in [-0.39, 0.29) is 11.1 Å². The Kier molecular flexibility index (Phi) is 11.6. The summed E-state index contributed by atoms with van der Waals surface area (Å²) >= 11 is 23.4. The van der Waals surface area contributed by atoms with Gasteiger partial charge in [-0.2, -0.15) is 0 Å². The van der Waals surface area contributed by atoms with E-state index < -0.39 is 0 Å². The molecule has 1 aromatic rings. The first kappa shape index (κ1) is 22.0. The summed E-state index contributed by atoms with van der Waals surface area (Å²) in [5.74, 6) is 0.930. The van der Waals surface area contributed by atoms with Gasteiger partial charge in [-0.3, -0.25) is 10.3 Å². The molecule has 0 radical (unpaired) electrons. The molecular weight excluding hydrogens is 408 g/mol. The summed E-state index contributed by atoms with van der Waals surface area (Å²) in [6, 6.07) is 3.25. The third-order valence-electron chi connectivity index (χ3n) is 2.69. The van der Waals surface area contributed by atoms with Crippen LogP contribution < -0.4 is 15.0 Å². The minimum Gasteiger partial charge on any atom is -0.490 e. The molecule has 0 atom stereocenters. The summed E-state index contributed by atoms with van der Waals surface area (Å²) in [5, 5.41) is 0.747. The van der Waals surface area contributed by atoms with Crippen LogP contribution in [0.3, 0.4) is 0 Å². The standard InChI is InChI=1S/C17H19Cl4NO3/c1-2-8-25-22-7-4-3-5-9-24-17-14(18)11-13(12-15(17)19)23-10-6-16(20)21/h2,4,6-7,11-12,22H,1,3,5,8-10H2. The Morgan fingerprint density at radius 2 is 1.84 bits per heavy atom. The molecule has 1 rings (SSSR count). The highest BCUT2D eigenvalue weighted by Crippen LogP contribution is 2.37. The molecule has 0 amide bonds. The Morgan fingerprint density at radius 3 is 2.48 bits per heavy atom. The van der Waals surface area contributed by atoms with Gasteiger partial charge in [0.15, 0.2) is 5.75 Å². The van der Waals surface area contributed by atoms with Crippen molar-refractivity contribution in [3.05, 3.63) is 57.7 Å². The molecule has 0 aliphatic rings. The number of rotatable bonds is 12. The molecule has 0 spiro atoms. The first-order chi connectivity index (χ1) is 12.0. The van der Waals surface area contributed by atoms with Crippen molar-refractivity contribution >= 4 is 46.4 Å². The van der Waals surface area contributed by atoms with Crippen LogP contribution in [0.4, 0.5) is 0 Å². The number of unbranched alkanes of at least 4 members (excludes halogenated alkanes) is 1. The molecule has 1 N–H and O–H groups in total. The van der Waals surface area contributed by atoms with E-state index in [2.05, 4.69) is 12.1 Å². The van der Waals surface area contributed by atoms with Gasteiger partial charge in [0.2, 0.25) is 0 Å². The zero-order valence-electron chi connectivity index (χ0n) is 13.4. The van der Waals surface area contributed by atoms with Crippen LogP contribution in [0, 0.1) is 0 Å². The largest absolute Gasteiger partial charge is 0.490 e. The lowest BCUT2D eigenvalue weighted by molar-refractivity contribution is 0.0954. The molecule has 138 valence electrons. The second-order valence-corrected chi connectivity index (χ2v) is 6.45. The van der Waals surface area contributed by atoms with E-state index in [1.165, 1.54) is 6.08 Å². The van der Waals surface area contributed by atoms with Crippen molar-refractivity contribution in [1.82, 2.24) is 5.48 Å². The van der Waals surface area contributed by atoms with Crippen molar-refractivity contribution < 1.29 is 14.3 Å². The van der Waals surface area contributed by atoms with Crippen molar-refractivity contribution in [3.63, 3.8) is 0 Å². The lowest BCUT2D eigenvalue weighted by Gasteiger charge is -2.12.